The molecule has 0 saturated heterocycles. The van der Waals surface area contributed by atoms with Crippen molar-refractivity contribution in [3.8, 4) is 5.75 Å². The van der Waals surface area contributed by atoms with Gasteiger partial charge in [-0.2, -0.15) is 5.10 Å². The fraction of sp³-hybridized carbons (Fsp3) is 0.143. The van der Waals surface area contributed by atoms with E-state index in [1.807, 2.05) is 37.3 Å². The number of nitrogens with zero attached hydrogens (tertiary/aromatic N) is 1. The van der Waals surface area contributed by atoms with Gasteiger partial charge in [-0.25, -0.2) is 5.43 Å². The summed E-state index contributed by atoms with van der Waals surface area (Å²) in [5, 5.41) is 3.82. The number of aromatic amines is 1. The second kappa shape index (κ2) is 6.91. The number of hydrazone groups is 1. The third kappa shape index (κ3) is 4.24. The van der Waals surface area contributed by atoms with Crippen LogP contribution in [0.15, 0.2) is 46.1 Å². The summed E-state index contributed by atoms with van der Waals surface area (Å²) in [5.74, 6) is 0.367. The molecule has 0 aliphatic rings. The van der Waals surface area contributed by atoms with Crippen LogP contribution in [-0.2, 0) is 4.79 Å². The number of aryl methyl sites for hydroxylation is 1. The standard InChI is InChI=1S/C14H14BrN3O2/c1-10-7-11(15)4-5-13(10)20-9-14(19)18-17-8-12-3-2-6-16-12/h2-8,16H,9H2,1H3,(H,18,19)/b17-8-. The molecule has 2 rings (SSSR count). The molecule has 0 aliphatic heterocycles. The number of ether oxygens (including phenoxy) is 1. The average Bonchev–Trinajstić information content (AvgIpc) is 2.91. The van der Waals surface area contributed by atoms with Crippen molar-refractivity contribution in [3.63, 3.8) is 0 Å². The Kier molecular flexibility index (Phi) is 4.95. The van der Waals surface area contributed by atoms with Gasteiger partial charge in [-0.15, -0.1) is 0 Å². The number of nitrogens with one attached hydrogen (secondary N) is 2. The number of H-pyrrole nitrogens is 1. The van der Waals surface area contributed by atoms with E-state index in [1.165, 1.54) is 6.21 Å². The van der Waals surface area contributed by atoms with E-state index in [-0.39, 0.29) is 12.5 Å². The van der Waals surface area contributed by atoms with Crippen LogP contribution in [0.1, 0.15) is 11.3 Å². The number of rotatable bonds is 5. The van der Waals surface area contributed by atoms with Crippen LogP contribution in [0.2, 0.25) is 0 Å². The maximum absolute atomic E-state index is 11.6. The summed E-state index contributed by atoms with van der Waals surface area (Å²) < 4.78 is 6.40. The number of halogens is 1. The van der Waals surface area contributed by atoms with Gasteiger partial charge in [0.05, 0.1) is 11.9 Å². The fourth-order valence-electron chi connectivity index (χ4n) is 1.55. The summed E-state index contributed by atoms with van der Waals surface area (Å²) in [6.45, 7) is 1.84. The molecule has 5 nitrogen and oxygen atoms in total. The summed E-state index contributed by atoms with van der Waals surface area (Å²) in [5.41, 5.74) is 4.17. The van der Waals surface area contributed by atoms with E-state index in [2.05, 4.69) is 31.4 Å². The molecule has 0 fully saturated rings. The Morgan fingerprint density at radius 1 is 1.50 bits per heavy atom. The molecule has 0 aliphatic carbocycles. The zero-order valence-corrected chi connectivity index (χ0v) is 12.5. The van der Waals surface area contributed by atoms with Gasteiger partial charge in [0.15, 0.2) is 6.61 Å². The largest absolute Gasteiger partial charge is 0.483 e. The zero-order valence-electron chi connectivity index (χ0n) is 10.9. The predicted molar refractivity (Wildman–Crippen MR) is 80.9 cm³/mol. The minimum Gasteiger partial charge on any atom is -0.483 e. The molecule has 0 radical (unpaired) electrons. The lowest BCUT2D eigenvalue weighted by atomic mass is 10.2. The highest BCUT2D eigenvalue weighted by atomic mass is 79.9. The van der Waals surface area contributed by atoms with E-state index in [9.17, 15) is 4.79 Å². The lowest BCUT2D eigenvalue weighted by Crippen LogP contribution is -2.24. The van der Waals surface area contributed by atoms with E-state index >= 15 is 0 Å². The number of carbonyl (C=O) groups is 1. The number of carbonyl (C=O) groups excluding carboxylic acids is 1. The van der Waals surface area contributed by atoms with Gasteiger partial charge >= 0.3 is 0 Å². The topological polar surface area (TPSA) is 66.5 Å². The second-order valence-corrected chi connectivity index (χ2v) is 5.03. The molecule has 20 heavy (non-hydrogen) atoms. The first-order chi connectivity index (χ1) is 9.65. The van der Waals surface area contributed by atoms with E-state index in [0.717, 1.165) is 15.7 Å². The van der Waals surface area contributed by atoms with Crippen molar-refractivity contribution in [2.24, 2.45) is 5.10 Å². The third-order valence-electron chi connectivity index (χ3n) is 2.51. The molecule has 0 spiro atoms. The number of hydrogen-bond acceptors (Lipinski definition) is 3. The molecular weight excluding hydrogens is 322 g/mol. The van der Waals surface area contributed by atoms with E-state index in [0.29, 0.717) is 5.75 Å². The molecule has 2 N–H and O–H groups in total. The minimum atomic E-state index is -0.310. The highest BCUT2D eigenvalue weighted by Crippen LogP contribution is 2.21. The second-order valence-electron chi connectivity index (χ2n) is 4.12. The van der Waals surface area contributed by atoms with Crippen LogP contribution in [0.5, 0.6) is 5.75 Å². The molecule has 0 unspecified atom stereocenters. The Labute approximate surface area is 125 Å². The maximum atomic E-state index is 11.6. The van der Waals surface area contributed by atoms with Gasteiger partial charge in [0.2, 0.25) is 0 Å². The van der Waals surface area contributed by atoms with Gasteiger partial charge < -0.3 is 9.72 Å². The molecule has 0 saturated carbocycles. The molecule has 104 valence electrons. The summed E-state index contributed by atoms with van der Waals surface area (Å²) in [6.07, 6.45) is 3.31. The van der Waals surface area contributed by atoms with E-state index < -0.39 is 0 Å². The lowest BCUT2D eigenvalue weighted by Gasteiger charge is -2.08. The first-order valence-corrected chi connectivity index (χ1v) is 6.78. The number of benzene rings is 1. The Hall–Kier alpha value is -2.08. The summed E-state index contributed by atoms with van der Waals surface area (Å²) in [6, 6.07) is 9.30. The monoisotopic (exact) mass is 335 g/mol. The van der Waals surface area contributed by atoms with Crippen molar-refractivity contribution < 1.29 is 9.53 Å². The third-order valence-corrected chi connectivity index (χ3v) is 3.00. The minimum absolute atomic E-state index is 0.0788. The van der Waals surface area contributed by atoms with Crippen LogP contribution in [0.3, 0.4) is 0 Å². The molecule has 0 atom stereocenters. The zero-order chi connectivity index (χ0) is 14.4. The van der Waals surface area contributed by atoms with E-state index in [1.54, 1.807) is 6.20 Å². The van der Waals surface area contributed by atoms with Crippen molar-refractivity contribution in [1.82, 2.24) is 10.4 Å². The quantitative estimate of drug-likeness (QED) is 0.651. The van der Waals surface area contributed by atoms with Crippen molar-refractivity contribution in [2.45, 2.75) is 6.92 Å². The van der Waals surface area contributed by atoms with Crippen molar-refractivity contribution >= 4 is 28.1 Å². The lowest BCUT2D eigenvalue weighted by molar-refractivity contribution is -0.123. The Morgan fingerprint density at radius 3 is 3.05 bits per heavy atom. The van der Waals surface area contributed by atoms with Gasteiger partial charge in [-0.3, -0.25) is 4.79 Å². The molecule has 1 amide bonds. The predicted octanol–water partition coefficient (Wildman–Crippen LogP) is 2.61. The summed E-state index contributed by atoms with van der Waals surface area (Å²) >= 11 is 3.37. The Bertz CT molecular complexity index is 609. The van der Waals surface area contributed by atoms with Gasteiger partial charge in [-0.1, -0.05) is 15.9 Å². The number of amides is 1. The summed E-state index contributed by atoms with van der Waals surface area (Å²) in [4.78, 5) is 14.5. The molecule has 0 bridgehead atoms. The average molecular weight is 336 g/mol. The van der Waals surface area contributed by atoms with Crippen LogP contribution >= 0.6 is 15.9 Å². The highest BCUT2D eigenvalue weighted by molar-refractivity contribution is 9.10. The Balaban J connectivity index is 1.80. The van der Waals surface area contributed by atoms with Crippen LogP contribution in [-0.4, -0.2) is 23.7 Å². The van der Waals surface area contributed by atoms with Crippen LogP contribution in [0.4, 0.5) is 0 Å². The highest BCUT2D eigenvalue weighted by Gasteiger charge is 2.04. The molecular formula is C14H14BrN3O2. The number of aromatic nitrogens is 1. The van der Waals surface area contributed by atoms with Crippen LogP contribution < -0.4 is 10.2 Å². The van der Waals surface area contributed by atoms with Gasteiger partial charge in [0.1, 0.15) is 5.75 Å². The molecule has 1 aromatic heterocycles. The van der Waals surface area contributed by atoms with Gasteiger partial charge in [-0.05, 0) is 42.8 Å². The Morgan fingerprint density at radius 2 is 2.35 bits per heavy atom. The van der Waals surface area contributed by atoms with Crippen LogP contribution in [0, 0.1) is 6.92 Å². The number of hydrogen-bond donors (Lipinski definition) is 2. The first kappa shape index (κ1) is 14.3. The summed E-state index contributed by atoms with van der Waals surface area (Å²) in [7, 11) is 0. The van der Waals surface area contributed by atoms with Gasteiger partial charge in [0, 0.05) is 10.7 Å². The van der Waals surface area contributed by atoms with Crippen LogP contribution in [0.25, 0.3) is 0 Å². The van der Waals surface area contributed by atoms with Crippen molar-refractivity contribution in [1.29, 1.82) is 0 Å². The normalized spacial score (nSPS) is 10.7. The first-order valence-electron chi connectivity index (χ1n) is 5.99. The van der Waals surface area contributed by atoms with E-state index in [4.69, 9.17) is 4.74 Å². The SMILES string of the molecule is Cc1cc(Br)ccc1OCC(=O)N/N=C\c1ccc[nH]1. The van der Waals surface area contributed by atoms with Crippen molar-refractivity contribution in [3.05, 3.63) is 52.3 Å². The molecule has 6 heteroatoms. The molecule has 1 heterocycles. The maximum Gasteiger partial charge on any atom is 0.277 e. The fourth-order valence-corrected chi connectivity index (χ4v) is 2.02. The smallest absolute Gasteiger partial charge is 0.277 e. The molecule has 2 aromatic rings. The van der Waals surface area contributed by atoms with Gasteiger partial charge in [0.25, 0.3) is 5.91 Å². The van der Waals surface area contributed by atoms with Crippen molar-refractivity contribution in [2.75, 3.05) is 6.61 Å². The molecule has 1 aromatic carbocycles.